The van der Waals surface area contributed by atoms with Crippen molar-refractivity contribution in [3.05, 3.63) is 28.0 Å². The Bertz CT molecular complexity index is 443. The van der Waals surface area contributed by atoms with E-state index in [1.54, 1.807) is 0 Å². The highest BCUT2D eigenvalue weighted by molar-refractivity contribution is 8.13. The summed E-state index contributed by atoms with van der Waals surface area (Å²) in [6.45, 7) is 0. The molecule has 0 bridgehead atoms. The predicted molar refractivity (Wildman–Crippen MR) is 49.5 cm³/mol. The van der Waals surface area contributed by atoms with Crippen LogP contribution in [0, 0.1) is 5.82 Å². The quantitative estimate of drug-likeness (QED) is 0.576. The van der Waals surface area contributed by atoms with E-state index in [1.807, 2.05) is 0 Å². The van der Waals surface area contributed by atoms with E-state index in [0.29, 0.717) is 0 Å². The van der Waals surface area contributed by atoms with E-state index in [9.17, 15) is 12.8 Å². The van der Waals surface area contributed by atoms with Crippen molar-refractivity contribution in [3.8, 4) is 0 Å². The molecule has 0 radical (unpaired) electrons. The maximum absolute atomic E-state index is 12.8. The highest BCUT2D eigenvalue weighted by Gasteiger charge is 2.18. The summed E-state index contributed by atoms with van der Waals surface area (Å²) in [4.78, 5) is -0.527. The zero-order valence-electron chi connectivity index (χ0n) is 5.89. The maximum atomic E-state index is 12.8. The Morgan fingerprint density at radius 2 is 1.77 bits per heavy atom. The summed E-state index contributed by atoms with van der Waals surface area (Å²) in [5.41, 5.74) is 0. The summed E-state index contributed by atoms with van der Waals surface area (Å²) in [5.74, 6) is -0.923. The van der Waals surface area contributed by atoms with Crippen molar-refractivity contribution in [2.24, 2.45) is 0 Å². The molecule has 0 saturated carbocycles. The third-order valence-electron chi connectivity index (χ3n) is 1.22. The van der Waals surface area contributed by atoms with E-state index in [-0.39, 0.29) is 5.02 Å². The minimum absolute atomic E-state index is 0.0823. The van der Waals surface area contributed by atoms with Crippen molar-refractivity contribution in [1.29, 1.82) is 0 Å². The first-order valence-electron chi connectivity index (χ1n) is 2.91. The zero-order chi connectivity index (χ0) is 10.2. The number of benzene rings is 1. The van der Waals surface area contributed by atoms with E-state index in [0.717, 1.165) is 12.1 Å². The van der Waals surface area contributed by atoms with Gasteiger partial charge in [-0.2, -0.15) is 0 Å². The molecule has 0 amide bonds. The minimum atomic E-state index is -4.06. The van der Waals surface area contributed by atoms with E-state index in [2.05, 4.69) is 0 Å². The first kappa shape index (κ1) is 11.0. The zero-order valence-corrected chi connectivity index (χ0v) is 8.98. The van der Waals surface area contributed by atoms with Crippen LogP contribution in [0.4, 0.5) is 4.39 Å². The minimum Gasteiger partial charge on any atom is -0.207 e. The Morgan fingerprint density at radius 3 is 2.23 bits per heavy atom. The number of rotatable bonds is 1. The van der Waals surface area contributed by atoms with Gasteiger partial charge < -0.3 is 0 Å². The Balaban J connectivity index is 3.56. The summed E-state index contributed by atoms with van der Waals surface area (Å²) in [6, 6.07) is 1.88. The van der Waals surface area contributed by atoms with Crippen LogP contribution in [0.2, 0.25) is 10.0 Å². The molecular weight excluding hydrogens is 261 g/mol. The molecule has 13 heavy (non-hydrogen) atoms. The van der Waals surface area contributed by atoms with Gasteiger partial charge in [0.1, 0.15) is 10.7 Å². The Hall–Kier alpha value is -0.0300. The lowest BCUT2D eigenvalue weighted by atomic mass is 10.3. The third-order valence-corrected chi connectivity index (χ3v) is 3.28. The molecule has 0 saturated heterocycles. The van der Waals surface area contributed by atoms with Gasteiger partial charge in [-0.05, 0) is 12.1 Å². The number of halogens is 4. The van der Waals surface area contributed by atoms with Crippen LogP contribution in [0.5, 0.6) is 0 Å². The van der Waals surface area contributed by atoms with Gasteiger partial charge in [-0.1, -0.05) is 23.2 Å². The SMILES string of the molecule is O=S(=O)(Cl)c1cc(Cl)cc(F)c1Cl. The van der Waals surface area contributed by atoms with Gasteiger partial charge in [0.05, 0.1) is 5.02 Å². The largest absolute Gasteiger partial charge is 0.262 e. The molecule has 0 aliphatic heterocycles. The molecule has 0 aromatic heterocycles. The Labute approximate surface area is 88.6 Å². The van der Waals surface area contributed by atoms with Crippen LogP contribution in [0.15, 0.2) is 17.0 Å². The second-order valence-electron chi connectivity index (χ2n) is 2.14. The second kappa shape index (κ2) is 3.61. The van der Waals surface area contributed by atoms with E-state index < -0.39 is 24.8 Å². The van der Waals surface area contributed by atoms with Gasteiger partial charge in [0.25, 0.3) is 9.05 Å². The summed E-state index contributed by atoms with van der Waals surface area (Å²) in [6.07, 6.45) is 0. The molecule has 7 heteroatoms. The standard InChI is InChI=1S/C6H2Cl3FO2S/c7-3-1-4(10)6(8)5(2-3)13(9,11)12/h1-2H. The van der Waals surface area contributed by atoms with Crippen molar-refractivity contribution < 1.29 is 12.8 Å². The van der Waals surface area contributed by atoms with E-state index in [1.165, 1.54) is 0 Å². The fourth-order valence-electron chi connectivity index (χ4n) is 0.710. The van der Waals surface area contributed by atoms with Crippen LogP contribution < -0.4 is 0 Å². The molecular formula is C6H2Cl3FO2S. The van der Waals surface area contributed by atoms with Crippen LogP contribution in [-0.2, 0) is 9.05 Å². The van der Waals surface area contributed by atoms with Crippen molar-refractivity contribution in [3.63, 3.8) is 0 Å². The van der Waals surface area contributed by atoms with Crippen LogP contribution in [0.1, 0.15) is 0 Å². The smallest absolute Gasteiger partial charge is 0.207 e. The lowest BCUT2D eigenvalue weighted by Gasteiger charge is -2.01. The molecule has 1 aromatic carbocycles. The first-order chi connectivity index (χ1) is 5.82. The molecule has 0 fully saturated rings. The first-order valence-corrected chi connectivity index (χ1v) is 5.98. The van der Waals surface area contributed by atoms with Gasteiger partial charge >= 0.3 is 0 Å². The lowest BCUT2D eigenvalue weighted by Crippen LogP contribution is -1.94. The molecule has 0 heterocycles. The summed E-state index contributed by atoms with van der Waals surface area (Å²) in [5, 5.41) is -0.638. The van der Waals surface area contributed by atoms with Crippen LogP contribution in [0.3, 0.4) is 0 Å². The summed E-state index contributed by atoms with van der Waals surface area (Å²) in [7, 11) is 0.908. The van der Waals surface area contributed by atoms with Gasteiger partial charge in [0.15, 0.2) is 0 Å². The summed E-state index contributed by atoms with van der Waals surface area (Å²) < 4.78 is 34.5. The van der Waals surface area contributed by atoms with Gasteiger partial charge in [0, 0.05) is 15.7 Å². The lowest BCUT2D eigenvalue weighted by molar-refractivity contribution is 0.602. The van der Waals surface area contributed by atoms with Crippen molar-refractivity contribution >= 4 is 42.9 Å². The van der Waals surface area contributed by atoms with Crippen molar-refractivity contribution in [2.45, 2.75) is 4.90 Å². The average Bonchev–Trinajstić information content (AvgIpc) is 1.94. The number of hydrogen-bond acceptors (Lipinski definition) is 2. The molecule has 0 aliphatic carbocycles. The third kappa shape index (κ3) is 2.47. The fourth-order valence-corrected chi connectivity index (χ4v) is 2.46. The molecule has 1 rings (SSSR count). The van der Waals surface area contributed by atoms with Gasteiger partial charge in [-0.25, -0.2) is 12.8 Å². The molecule has 0 N–H and O–H groups in total. The predicted octanol–water partition coefficient (Wildman–Crippen LogP) is 3.06. The van der Waals surface area contributed by atoms with Crippen molar-refractivity contribution in [2.75, 3.05) is 0 Å². The fraction of sp³-hybridized carbons (Fsp3) is 0. The topological polar surface area (TPSA) is 34.1 Å². The maximum Gasteiger partial charge on any atom is 0.262 e. The van der Waals surface area contributed by atoms with Gasteiger partial charge in [-0.3, -0.25) is 0 Å². The van der Waals surface area contributed by atoms with Gasteiger partial charge in [-0.15, -0.1) is 0 Å². The molecule has 1 aromatic rings. The van der Waals surface area contributed by atoms with Crippen molar-refractivity contribution in [1.82, 2.24) is 0 Å². The summed E-state index contributed by atoms with van der Waals surface area (Å²) >= 11 is 10.8. The highest BCUT2D eigenvalue weighted by atomic mass is 35.7. The van der Waals surface area contributed by atoms with Crippen LogP contribution >= 0.6 is 33.9 Å². The van der Waals surface area contributed by atoms with E-state index in [4.69, 9.17) is 33.9 Å². The molecule has 0 unspecified atom stereocenters. The monoisotopic (exact) mass is 262 g/mol. The Morgan fingerprint density at radius 1 is 1.23 bits per heavy atom. The second-order valence-corrected chi connectivity index (χ2v) is 5.49. The molecule has 0 spiro atoms. The molecule has 2 nitrogen and oxygen atoms in total. The number of hydrogen-bond donors (Lipinski definition) is 0. The highest BCUT2D eigenvalue weighted by Crippen LogP contribution is 2.30. The molecule has 0 aliphatic rings. The Kier molecular flexibility index (Phi) is 3.07. The van der Waals surface area contributed by atoms with Gasteiger partial charge in [0.2, 0.25) is 0 Å². The molecule has 72 valence electrons. The van der Waals surface area contributed by atoms with E-state index >= 15 is 0 Å². The van der Waals surface area contributed by atoms with Crippen LogP contribution in [0.25, 0.3) is 0 Å². The molecule has 0 atom stereocenters. The van der Waals surface area contributed by atoms with Crippen LogP contribution in [-0.4, -0.2) is 8.42 Å². The normalized spacial score (nSPS) is 11.7. The average molecular weight is 264 g/mol.